The van der Waals surface area contributed by atoms with Gasteiger partial charge in [-0.25, -0.2) is 14.5 Å². The van der Waals surface area contributed by atoms with Crippen LogP contribution in [0.4, 0.5) is 0 Å². The van der Waals surface area contributed by atoms with Crippen LogP contribution < -0.4 is 14.8 Å². The van der Waals surface area contributed by atoms with E-state index in [1.807, 2.05) is 24.3 Å². The van der Waals surface area contributed by atoms with Gasteiger partial charge < -0.3 is 19.2 Å². The van der Waals surface area contributed by atoms with Crippen molar-refractivity contribution in [2.45, 2.75) is 25.3 Å². The third-order valence-corrected chi connectivity index (χ3v) is 5.04. The number of imidazole rings is 1. The molecule has 0 spiro atoms. The smallest absolute Gasteiger partial charge is 0.231 e. The number of methoxy groups -OCH3 is 1. The number of hydrogen-bond donors (Lipinski definition) is 1. The highest BCUT2D eigenvalue weighted by atomic mass is 16.5. The number of piperidine rings is 1. The molecule has 0 unspecified atom stereocenters. The summed E-state index contributed by atoms with van der Waals surface area (Å²) in [4.78, 5) is 8.64. The highest BCUT2D eigenvalue weighted by molar-refractivity contribution is 5.86. The number of aromatic nitrogens is 4. The lowest BCUT2D eigenvalue weighted by Gasteiger charge is -2.23. The first-order chi connectivity index (χ1) is 13.8. The Bertz CT molecular complexity index is 1110. The van der Waals surface area contributed by atoms with E-state index in [2.05, 4.69) is 20.4 Å². The molecule has 0 aliphatic carbocycles. The summed E-state index contributed by atoms with van der Waals surface area (Å²) in [7, 11) is 1.59. The van der Waals surface area contributed by atoms with Crippen LogP contribution in [0.5, 0.6) is 11.8 Å². The number of fused-ring (bicyclic) bond motifs is 2. The van der Waals surface area contributed by atoms with Gasteiger partial charge in [-0.1, -0.05) is 6.42 Å². The van der Waals surface area contributed by atoms with Gasteiger partial charge >= 0.3 is 0 Å². The standard InChI is InChI=1S/C20H21N5O3/c1-26-20-14-10-17(28-16(14)7-9-22-20)15-11-23-18-5-6-19(24-25(15)18)27-12-13-4-2-3-8-21-13/h5-7,9-11,13,21H,2-4,8,12H2,1H3/t13-/m0/s1. The number of furan rings is 1. The molecule has 8 nitrogen and oxygen atoms in total. The Balaban J connectivity index is 1.46. The van der Waals surface area contributed by atoms with Gasteiger partial charge in [-0.2, -0.15) is 0 Å². The molecule has 5 heterocycles. The molecule has 4 aromatic rings. The summed E-state index contributed by atoms with van der Waals surface area (Å²) in [5, 5.41) is 8.90. The van der Waals surface area contributed by atoms with Gasteiger partial charge in [0.25, 0.3) is 0 Å². The third-order valence-electron chi connectivity index (χ3n) is 5.04. The van der Waals surface area contributed by atoms with Crippen LogP contribution >= 0.6 is 0 Å². The van der Waals surface area contributed by atoms with Gasteiger partial charge in [0, 0.05) is 24.4 Å². The number of nitrogens with one attached hydrogen (secondary N) is 1. The highest BCUT2D eigenvalue weighted by Crippen LogP contribution is 2.32. The second-order valence-corrected chi connectivity index (χ2v) is 6.89. The lowest BCUT2D eigenvalue weighted by molar-refractivity contribution is 0.229. The first kappa shape index (κ1) is 17.0. The fourth-order valence-corrected chi connectivity index (χ4v) is 3.58. The van der Waals surface area contributed by atoms with E-state index in [1.165, 1.54) is 12.8 Å². The maximum Gasteiger partial charge on any atom is 0.231 e. The molecule has 0 amide bonds. The first-order valence-electron chi connectivity index (χ1n) is 9.46. The van der Waals surface area contributed by atoms with Crippen LogP contribution in [0.1, 0.15) is 19.3 Å². The zero-order chi connectivity index (χ0) is 18.9. The number of nitrogens with zero attached hydrogens (tertiary/aromatic N) is 4. The molecule has 1 saturated heterocycles. The second-order valence-electron chi connectivity index (χ2n) is 6.89. The Morgan fingerprint density at radius 2 is 2.21 bits per heavy atom. The van der Waals surface area contributed by atoms with E-state index in [1.54, 1.807) is 24.0 Å². The lowest BCUT2D eigenvalue weighted by Crippen LogP contribution is -2.38. The van der Waals surface area contributed by atoms with Crippen LogP contribution in [0.3, 0.4) is 0 Å². The zero-order valence-electron chi connectivity index (χ0n) is 15.6. The molecule has 0 aromatic carbocycles. The minimum atomic E-state index is 0.379. The molecule has 1 fully saturated rings. The Morgan fingerprint density at radius 1 is 1.25 bits per heavy atom. The maximum atomic E-state index is 5.99. The van der Waals surface area contributed by atoms with Crippen molar-refractivity contribution in [3.8, 4) is 23.2 Å². The summed E-state index contributed by atoms with van der Waals surface area (Å²) < 4.78 is 19.0. The number of pyridine rings is 1. The molecular formula is C20H21N5O3. The van der Waals surface area contributed by atoms with Crippen molar-refractivity contribution >= 4 is 16.6 Å². The Hall–Kier alpha value is -3.13. The summed E-state index contributed by atoms with van der Waals surface area (Å²) >= 11 is 0. The van der Waals surface area contributed by atoms with Crippen LogP contribution in [0.25, 0.3) is 28.1 Å². The number of hydrogen-bond acceptors (Lipinski definition) is 7. The van der Waals surface area contributed by atoms with Crippen LogP contribution in [0, 0.1) is 0 Å². The number of rotatable bonds is 5. The molecule has 4 aromatic heterocycles. The highest BCUT2D eigenvalue weighted by Gasteiger charge is 2.17. The summed E-state index contributed by atoms with van der Waals surface area (Å²) in [6.07, 6.45) is 7.01. The van der Waals surface area contributed by atoms with E-state index >= 15 is 0 Å². The normalized spacial score (nSPS) is 17.2. The van der Waals surface area contributed by atoms with E-state index in [0.717, 1.165) is 29.7 Å². The lowest BCUT2D eigenvalue weighted by atomic mass is 10.1. The van der Waals surface area contributed by atoms with Crippen LogP contribution in [-0.4, -0.2) is 45.9 Å². The van der Waals surface area contributed by atoms with Crippen molar-refractivity contribution in [3.05, 3.63) is 36.7 Å². The Morgan fingerprint density at radius 3 is 3.07 bits per heavy atom. The SMILES string of the molecule is COc1nccc2oc(-c3cnc4ccc(OC[C@@H]5CCCCN5)nn34)cc12. The van der Waals surface area contributed by atoms with Gasteiger partial charge in [0.2, 0.25) is 11.8 Å². The van der Waals surface area contributed by atoms with Gasteiger partial charge in [-0.3, -0.25) is 0 Å². The molecule has 0 radical (unpaired) electrons. The average molecular weight is 379 g/mol. The van der Waals surface area contributed by atoms with Crippen molar-refractivity contribution in [2.24, 2.45) is 0 Å². The molecule has 5 rings (SSSR count). The maximum absolute atomic E-state index is 5.99. The fraction of sp³-hybridized carbons (Fsp3) is 0.350. The van der Waals surface area contributed by atoms with Gasteiger partial charge in [0.1, 0.15) is 17.9 Å². The van der Waals surface area contributed by atoms with Crippen molar-refractivity contribution in [1.29, 1.82) is 0 Å². The quantitative estimate of drug-likeness (QED) is 0.570. The van der Waals surface area contributed by atoms with E-state index in [4.69, 9.17) is 13.9 Å². The molecule has 1 atom stereocenters. The monoisotopic (exact) mass is 379 g/mol. The van der Waals surface area contributed by atoms with Crippen LogP contribution in [0.2, 0.25) is 0 Å². The molecule has 0 saturated carbocycles. The van der Waals surface area contributed by atoms with Gasteiger partial charge in [-0.05, 0) is 31.5 Å². The minimum absolute atomic E-state index is 0.379. The molecule has 1 N–H and O–H groups in total. The molecule has 28 heavy (non-hydrogen) atoms. The zero-order valence-corrected chi connectivity index (χ0v) is 15.6. The van der Waals surface area contributed by atoms with Crippen molar-refractivity contribution in [3.63, 3.8) is 0 Å². The van der Waals surface area contributed by atoms with Crippen LogP contribution in [0.15, 0.2) is 41.1 Å². The fourth-order valence-electron chi connectivity index (χ4n) is 3.58. The van der Waals surface area contributed by atoms with Gasteiger partial charge in [0.15, 0.2) is 11.4 Å². The van der Waals surface area contributed by atoms with Crippen LogP contribution in [-0.2, 0) is 0 Å². The summed E-state index contributed by atoms with van der Waals surface area (Å²) in [5.41, 5.74) is 2.17. The molecule has 1 aliphatic heterocycles. The van der Waals surface area contributed by atoms with E-state index < -0.39 is 0 Å². The van der Waals surface area contributed by atoms with E-state index in [9.17, 15) is 0 Å². The Labute approximate surface area is 161 Å². The summed E-state index contributed by atoms with van der Waals surface area (Å²) in [6.45, 7) is 1.66. The van der Waals surface area contributed by atoms with Crippen molar-refractivity contribution in [1.82, 2.24) is 24.9 Å². The van der Waals surface area contributed by atoms with Gasteiger partial charge in [-0.15, -0.1) is 5.10 Å². The molecular weight excluding hydrogens is 358 g/mol. The molecule has 0 bridgehead atoms. The average Bonchev–Trinajstić information content (AvgIpc) is 3.36. The van der Waals surface area contributed by atoms with Crippen molar-refractivity contribution < 1.29 is 13.9 Å². The van der Waals surface area contributed by atoms with E-state index in [0.29, 0.717) is 35.8 Å². The first-order valence-corrected chi connectivity index (χ1v) is 9.46. The summed E-state index contributed by atoms with van der Waals surface area (Å²) in [6, 6.07) is 7.82. The molecule has 144 valence electrons. The van der Waals surface area contributed by atoms with Gasteiger partial charge in [0.05, 0.1) is 18.7 Å². The number of ether oxygens (including phenoxy) is 2. The predicted octanol–water partition coefficient (Wildman–Crippen LogP) is 3.07. The summed E-state index contributed by atoms with van der Waals surface area (Å²) in [5.74, 6) is 1.74. The largest absolute Gasteiger partial charge is 0.480 e. The minimum Gasteiger partial charge on any atom is -0.480 e. The second kappa shape index (κ2) is 7.12. The molecule has 8 heteroatoms. The predicted molar refractivity (Wildman–Crippen MR) is 104 cm³/mol. The Kier molecular flexibility index (Phi) is 4.32. The molecule has 1 aliphatic rings. The topological polar surface area (TPSA) is 86.7 Å². The van der Waals surface area contributed by atoms with Crippen molar-refractivity contribution in [2.75, 3.05) is 20.3 Å². The van der Waals surface area contributed by atoms with E-state index in [-0.39, 0.29) is 0 Å². The third kappa shape index (κ3) is 3.05.